The molecular weight excluding hydrogens is 390 g/mol. The van der Waals surface area contributed by atoms with Gasteiger partial charge in [0.2, 0.25) is 0 Å². The summed E-state index contributed by atoms with van der Waals surface area (Å²) in [6.07, 6.45) is 3.63. The zero-order valence-electron chi connectivity index (χ0n) is 19.8. The summed E-state index contributed by atoms with van der Waals surface area (Å²) in [4.78, 5) is 9.98. The molecule has 2 N–H and O–H groups in total. The number of nitrogens with one attached hydrogen (secondary N) is 2. The first-order chi connectivity index (χ1) is 15.1. The van der Waals surface area contributed by atoms with E-state index in [0.29, 0.717) is 12.0 Å². The van der Waals surface area contributed by atoms with Crippen molar-refractivity contribution in [2.75, 3.05) is 60.0 Å². The third-order valence-corrected chi connectivity index (χ3v) is 6.19. The van der Waals surface area contributed by atoms with Gasteiger partial charge >= 0.3 is 0 Å². The molecule has 2 saturated heterocycles. The Kier molecular flexibility index (Phi) is 9.28. The highest BCUT2D eigenvalue weighted by atomic mass is 16.5. The van der Waals surface area contributed by atoms with Crippen molar-refractivity contribution >= 4 is 5.96 Å². The van der Waals surface area contributed by atoms with Crippen LogP contribution in [0.15, 0.2) is 23.2 Å². The molecule has 2 aliphatic heterocycles. The number of nitrogens with zero attached hydrogens (tertiary/aromatic N) is 3. The molecule has 2 unspecified atom stereocenters. The minimum Gasteiger partial charge on any atom is -0.497 e. The highest BCUT2D eigenvalue weighted by Crippen LogP contribution is 2.24. The molecule has 0 aliphatic carbocycles. The van der Waals surface area contributed by atoms with E-state index in [-0.39, 0.29) is 0 Å². The number of benzene rings is 1. The number of guanidine groups is 1. The molecule has 1 aromatic rings. The van der Waals surface area contributed by atoms with Crippen LogP contribution in [-0.4, -0.2) is 81.8 Å². The maximum atomic E-state index is 5.41. The van der Waals surface area contributed by atoms with Gasteiger partial charge < -0.3 is 25.0 Å². The highest BCUT2D eigenvalue weighted by Gasteiger charge is 2.25. The van der Waals surface area contributed by atoms with Crippen molar-refractivity contribution in [2.45, 2.75) is 45.7 Å². The average molecular weight is 432 g/mol. The number of ether oxygens (including phenoxy) is 2. The van der Waals surface area contributed by atoms with Gasteiger partial charge in [-0.05, 0) is 62.9 Å². The summed E-state index contributed by atoms with van der Waals surface area (Å²) in [7, 11) is 3.39. The van der Waals surface area contributed by atoms with E-state index < -0.39 is 0 Å². The number of methoxy groups -OCH3 is 2. The van der Waals surface area contributed by atoms with Gasteiger partial charge in [-0.15, -0.1) is 0 Å². The second kappa shape index (κ2) is 12.2. The molecule has 0 radical (unpaired) electrons. The maximum absolute atomic E-state index is 5.41. The first kappa shape index (κ1) is 23.7. The number of aliphatic imine (C=N–C) groups is 1. The Bertz CT molecular complexity index is 689. The van der Waals surface area contributed by atoms with Gasteiger partial charge in [0.05, 0.1) is 14.2 Å². The van der Waals surface area contributed by atoms with Crippen molar-refractivity contribution in [3.8, 4) is 11.5 Å². The fraction of sp³-hybridized carbons (Fsp3) is 0.708. The van der Waals surface area contributed by atoms with Gasteiger partial charge in [0.1, 0.15) is 11.5 Å². The molecule has 2 aliphatic rings. The van der Waals surface area contributed by atoms with Crippen LogP contribution in [0.2, 0.25) is 0 Å². The van der Waals surface area contributed by atoms with E-state index in [1.807, 2.05) is 6.07 Å². The van der Waals surface area contributed by atoms with Crippen LogP contribution in [0.3, 0.4) is 0 Å². The summed E-state index contributed by atoms with van der Waals surface area (Å²) in [6.45, 7) is 12.8. The monoisotopic (exact) mass is 431 g/mol. The highest BCUT2D eigenvalue weighted by molar-refractivity contribution is 5.80. The predicted molar refractivity (Wildman–Crippen MR) is 127 cm³/mol. The Morgan fingerprint density at radius 2 is 1.77 bits per heavy atom. The Hall–Kier alpha value is -1.99. The van der Waals surface area contributed by atoms with E-state index in [2.05, 4.69) is 46.4 Å². The summed E-state index contributed by atoms with van der Waals surface area (Å²) in [5, 5.41) is 7.11. The van der Waals surface area contributed by atoms with Crippen molar-refractivity contribution in [3.05, 3.63) is 23.8 Å². The van der Waals surface area contributed by atoms with Crippen LogP contribution in [0.25, 0.3) is 0 Å². The second-order valence-electron chi connectivity index (χ2n) is 8.76. The number of hydrogen-bond acceptors (Lipinski definition) is 5. The van der Waals surface area contributed by atoms with E-state index in [1.165, 1.54) is 38.0 Å². The van der Waals surface area contributed by atoms with E-state index in [1.54, 1.807) is 14.2 Å². The molecule has 0 saturated carbocycles. The standard InChI is InChI=1S/C24H41N5O2/c1-5-9-28-10-7-19(16-28)15-26-24(25-6-2)27-21-8-11-29(18-21)17-20-12-22(30-3)14-23(13-20)31-4/h12-14,19,21H,5-11,15-18H2,1-4H3,(H2,25,26,27). The Morgan fingerprint density at radius 3 is 2.45 bits per heavy atom. The van der Waals surface area contributed by atoms with Gasteiger partial charge in [0.25, 0.3) is 0 Å². The molecule has 7 heteroatoms. The van der Waals surface area contributed by atoms with E-state index in [9.17, 15) is 0 Å². The molecule has 31 heavy (non-hydrogen) atoms. The van der Waals surface area contributed by atoms with Gasteiger partial charge in [-0.2, -0.15) is 0 Å². The van der Waals surface area contributed by atoms with E-state index >= 15 is 0 Å². The molecule has 0 bridgehead atoms. The lowest BCUT2D eigenvalue weighted by molar-refractivity contribution is 0.321. The smallest absolute Gasteiger partial charge is 0.191 e. The summed E-state index contributed by atoms with van der Waals surface area (Å²) in [5.41, 5.74) is 1.22. The predicted octanol–water partition coefficient (Wildman–Crippen LogP) is 2.57. The lowest BCUT2D eigenvalue weighted by Crippen LogP contribution is -2.44. The molecule has 2 atom stereocenters. The zero-order valence-corrected chi connectivity index (χ0v) is 19.8. The largest absolute Gasteiger partial charge is 0.497 e. The van der Waals surface area contributed by atoms with Gasteiger partial charge in [0.15, 0.2) is 5.96 Å². The Labute approximate surface area is 188 Å². The minimum atomic E-state index is 0.422. The van der Waals surface area contributed by atoms with Gasteiger partial charge in [0, 0.05) is 51.4 Å². The lowest BCUT2D eigenvalue weighted by atomic mass is 10.1. The molecule has 2 fully saturated rings. The van der Waals surface area contributed by atoms with Crippen LogP contribution in [0.5, 0.6) is 11.5 Å². The Morgan fingerprint density at radius 1 is 1.03 bits per heavy atom. The maximum Gasteiger partial charge on any atom is 0.191 e. The molecule has 0 aromatic heterocycles. The van der Waals surface area contributed by atoms with Gasteiger partial charge in [-0.3, -0.25) is 9.89 Å². The van der Waals surface area contributed by atoms with Crippen LogP contribution < -0.4 is 20.1 Å². The third-order valence-electron chi connectivity index (χ3n) is 6.19. The summed E-state index contributed by atoms with van der Waals surface area (Å²) < 4.78 is 10.8. The van der Waals surface area contributed by atoms with Crippen LogP contribution in [0.1, 0.15) is 38.7 Å². The zero-order chi connectivity index (χ0) is 22.1. The molecule has 0 spiro atoms. The van der Waals surface area contributed by atoms with Crippen LogP contribution >= 0.6 is 0 Å². The third kappa shape index (κ3) is 7.28. The second-order valence-corrected chi connectivity index (χ2v) is 8.76. The topological polar surface area (TPSA) is 61.4 Å². The molecule has 1 aromatic carbocycles. The minimum absolute atomic E-state index is 0.422. The van der Waals surface area contributed by atoms with E-state index in [0.717, 1.165) is 56.6 Å². The van der Waals surface area contributed by atoms with E-state index in [4.69, 9.17) is 14.5 Å². The van der Waals surface area contributed by atoms with Crippen molar-refractivity contribution in [2.24, 2.45) is 10.9 Å². The fourth-order valence-electron chi connectivity index (χ4n) is 4.62. The van der Waals surface area contributed by atoms with Gasteiger partial charge in [-0.1, -0.05) is 6.92 Å². The molecule has 174 valence electrons. The molecular formula is C24H41N5O2. The number of rotatable bonds is 10. The number of hydrogen-bond donors (Lipinski definition) is 2. The molecule has 2 heterocycles. The normalized spacial score (nSPS) is 22.6. The summed E-state index contributed by atoms with van der Waals surface area (Å²) >= 11 is 0. The first-order valence-corrected chi connectivity index (χ1v) is 11.8. The Balaban J connectivity index is 1.50. The van der Waals surface area contributed by atoms with Gasteiger partial charge in [-0.25, -0.2) is 0 Å². The lowest BCUT2D eigenvalue weighted by Gasteiger charge is -2.20. The van der Waals surface area contributed by atoms with Crippen molar-refractivity contribution in [1.82, 2.24) is 20.4 Å². The summed E-state index contributed by atoms with van der Waals surface area (Å²) in [6, 6.07) is 6.53. The molecule has 3 rings (SSSR count). The van der Waals surface area contributed by atoms with Crippen molar-refractivity contribution in [3.63, 3.8) is 0 Å². The molecule has 7 nitrogen and oxygen atoms in total. The number of likely N-dealkylation sites (tertiary alicyclic amines) is 2. The van der Waals surface area contributed by atoms with Crippen LogP contribution in [-0.2, 0) is 6.54 Å². The molecule has 0 amide bonds. The summed E-state index contributed by atoms with van der Waals surface area (Å²) in [5.74, 6) is 3.33. The van der Waals surface area contributed by atoms with Crippen molar-refractivity contribution in [1.29, 1.82) is 0 Å². The van der Waals surface area contributed by atoms with Crippen LogP contribution in [0, 0.1) is 5.92 Å². The van der Waals surface area contributed by atoms with Crippen LogP contribution in [0.4, 0.5) is 0 Å². The van der Waals surface area contributed by atoms with Crippen molar-refractivity contribution < 1.29 is 9.47 Å². The fourth-order valence-corrected chi connectivity index (χ4v) is 4.62. The first-order valence-electron chi connectivity index (χ1n) is 11.8. The quantitative estimate of drug-likeness (QED) is 0.439. The SMILES string of the molecule is CCCN1CCC(CN=C(NCC)NC2CCN(Cc3cc(OC)cc(OC)c3)C2)C1. The average Bonchev–Trinajstić information content (AvgIpc) is 3.41.